The van der Waals surface area contributed by atoms with Crippen LogP contribution in [0.3, 0.4) is 0 Å². The topological polar surface area (TPSA) is 29.5 Å². The van der Waals surface area contributed by atoms with Crippen molar-refractivity contribution >= 4 is 6.41 Å². The van der Waals surface area contributed by atoms with Gasteiger partial charge in [-0.1, -0.05) is 12.1 Å². The van der Waals surface area contributed by atoms with Gasteiger partial charge in [0, 0.05) is 19.0 Å². The maximum Gasteiger partial charge on any atom is 0.312 e. The van der Waals surface area contributed by atoms with Crippen LogP contribution < -0.4 is 4.74 Å². The third-order valence-electron chi connectivity index (χ3n) is 3.12. The quantitative estimate of drug-likeness (QED) is 0.776. The van der Waals surface area contributed by atoms with E-state index in [1.807, 2.05) is 18.5 Å². The number of piperidine rings is 1. The third kappa shape index (κ3) is 2.35. The van der Waals surface area contributed by atoms with Gasteiger partial charge in [0.15, 0.2) is 0 Å². The first-order chi connectivity index (χ1) is 7.83. The van der Waals surface area contributed by atoms with Crippen molar-refractivity contribution in [2.24, 2.45) is 0 Å². The van der Waals surface area contributed by atoms with Gasteiger partial charge in [-0.15, -0.1) is 0 Å². The van der Waals surface area contributed by atoms with Gasteiger partial charge in [0.05, 0.1) is 7.11 Å². The molecular formula is C13H16NO2. The van der Waals surface area contributed by atoms with E-state index in [0.717, 1.165) is 31.7 Å². The number of rotatable bonds is 3. The molecule has 0 saturated carbocycles. The summed E-state index contributed by atoms with van der Waals surface area (Å²) in [4.78, 5) is 12.4. The van der Waals surface area contributed by atoms with Crippen molar-refractivity contribution in [3.8, 4) is 5.75 Å². The Morgan fingerprint density at radius 3 is 3.12 bits per heavy atom. The minimum Gasteiger partial charge on any atom is -0.497 e. The van der Waals surface area contributed by atoms with E-state index in [0.29, 0.717) is 5.92 Å². The molecular weight excluding hydrogens is 202 g/mol. The molecule has 1 heterocycles. The number of hydrogen-bond donors (Lipinski definition) is 0. The number of methoxy groups -OCH3 is 1. The molecule has 3 heteroatoms. The molecule has 3 nitrogen and oxygen atoms in total. The Hall–Kier alpha value is -1.51. The summed E-state index contributed by atoms with van der Waals surface area (Å²) in [6.07, 6.45) is 4.17. The second-order valence-electron chi connectivity index (χ2n) is 4.15. The average Bonchev–Trinajstić information content (AvgIpc) is 2.39. The van der Waals surface area contributed by atoms with Crippen molar-refractivity contribution in [1.82, 2.24) is 4.90 Å². The Kier molecular flexibility index (Phi) is 3.44. The zero-order valence-electron chi connectivity index (χ0n) is 9.48. The number of likely N-dealkylation sites (tertiary alicyclic amines) is 1. The Labute approximate surface area is 96.0 Å². The van der Waals surface area contributed by atoms with Gasteiger partial charge in [-0.2, -0.15) is 0 Å². The monoisotopic (exact) mass is 218 g/mol. The maximum atomic E-state index is 10.6. The van der Waals surface area contributed by atoms with Crippen molar-refractivity contribution < 1.29 is 9.53 Å². The smallest absolute Gasteiger partial charge is 0.312 e. The molecule has 2 rings (SSSR count). The van der Waals surface area contributed by atoms with E-state index < -0.39 is 0 Å². The molecule has 1 fully saturated rings. The zero-order valence-corrected chi connectivity index (χ0v) is 9.48. The first kappa shape index (κ1) is 11.0. The molecule has 1 atom stereocenters. The number of benzene rings is 1. The molecule has 1 radical (unpaired) electrons. The molecule has 1 aliphatic heterocycles. The van der Waals surface area contributed by atoms with Crippen LogP contribution in [0.2, 0.25) is 0 Å². The standard InChI is InChI=1S/C13H16NO2/c1-16-13-6-2-4-11(8-13)12-5-3-7-14(9-12)10-15/h2,4,6,8,12H,3,5,7,9H2,1H3. The number of hydrogen-bond acceptors (Lipinski definition) is 2. The Bertz CT molecular complexity index is 365. The van der Waals surface area contributed by atoms with Crippen LogP contribution in [0.1, 0.15) is 24.3 Å². The SMILES string of the molecule is COc1cccc(C2CCCN([C]=O)C2)c1. The molecule has 1 amide bonds. The summed E-state index contributed by atoms with van der Waals surface area (Å²) in [5, 5.41) is 0. The molecule has 0 spiro atoms. The Morgan fingerprint density at radius 1 is 1.50 bits per heavy atom. The van der Waals surface area contributed by atoms with Gasteiger partial charge in [0.25, 0.3) is 0 Å². The van der Waals surface area contributed by atoms with Crippen molar-refractivity contribution in [3.05, 3.63) is 29.8 Å². The van der Waals surface area contributed by atoms with Gasteiger partial charge in [-0.3, -0.25) is 4.79 Å². The van der Waals surface area contributed by atoms with Crippen LogP contribution in [-0.4, -0.2) is 31.5 Å². The van der Waals surface area contributed by atoms with E-state index in [4.69, 9.17) is 4.74 Å². The normalized spacial score (nSPS) is 20.6. The van der Waals surface area contributed by atoms with Crippen molar-refractivity contribution in [2.75, 3.05) is 20.2 Å². The van der Waals surface area contributed by atoms with Gasteiger partial charge in [-0.25, -0.2) is 0 Å². The number of nitrogens with zero attached hydrogens (tertiary/aromatic N) is 1. The molecule has 16 heavy (non-hydrogen) atoms. The molecule has 85 valence electrons. The van der Waals surface area contributed by atoms with E-state index in [9.17, 15) is 4.79 Å². The fraction of sp³-hybridized carbons (Fsp3) is 0.462. The summed E-state index contributed by atoms with van der Waals surface area (Å²) in [6, 6.07) is 8.09. The van der Waals surface area contributed by atoms with E-state index in [2.05, 4.69) is 12.1 Å². The molecule has 1 aliphatic rings. The minimum absolute atomic E-state index is 0.422. The summed E-state index contributed by atoms with van der Waals surface area (Å²) < 4.78 is 5.21. The lowest BCUT2D eigenvalue weighted by Crippen LogP contribution is -2.33. The number of ether oxygens (including phenoxy) is 1. The predicted molar refractivity (Wildman–Crippen MR) is 62.2 cm³/mol. The largest absolute Gasteiger partial charge is 0.497 e. The highest BCUT2D eigenvalue weighted by molar-refractivity contribution is 5.48. The predicted octanol–water partition coefficient (Wildman–Crippen LogP) is 1.94. The van der Waals surface area contributed by atoms with E-state index in [1.165, 1.54) is 5.56 Å². The molecule has 1 saturated heterocycles. The second-order valence-corrected chi connectivity index (χ2v) is 4.15. The van der Waals surface area contributed by atoms with Crippen LogP contribution in [0.4, 0.5) is 0 Å². The van der Waals surface area contributed by atoms with Crippen molar-refractivity contribution in [3.63, 3.8) is 0 Å². The van der Waals surface area contributed by atoms with Gasteiger partial charge >= 0.3 is 6.41 Å². The summed E-state index contributed by atoms with van der Waals surface area (Å²) >= 11 is 0. The lowest BCUT2D eigenvalue weighted by Gasteiger charge is -2.29. The highest BCUT2D eigenvalue weighted by Gasteiger charge is 2.20. The van der Waals surface area contributed by atoms with Crippen LogP contribution in [0.15, 0.2) is 24.3 Å². The van der Waals surface area contributed by atoms with Crippen LogP contribution in [0.5, 0.6) is 5.75 Å². The first-order valence-electron chi connectivity index (χ1n) is 5.60. The van der Waals surface area contributed by atoms with Crippen molar-refractivity contribution in [2.45, 2.75) is 18.8 Å². The van der Waals surface area contributed by atoms with E-state index in [1.54, 1.807) is 12.0 Å². The summed E-state index contributed by atoms with van der Waals surface area (Å²) in [6.45, 7) is 1.61. The van der Waals surface area contributed by atoms with Crippen LogP contribution in [0.25, 0.3) is 0 Å². The highest BCUT2D eigenvalue weighted by Crippen LogP contribution is 2.28. The fourth-order valence-electron chi connectivity index (χ4n) is 2.23. The van der Waals surface area contributed by atoms with Gasteiger partial charge in [-0.05, 0) is 30.5 Å². The fourth-order valence-corrected chi connectivity index (χ4v) is 2.23. The Morgan fingerprint density at radius 2 is 2.38 bits per heavy atom. The summed E-state index contributed by atoms with van der Waals surface area (Å²) in [7, 11) is 1.67. The van der Waals surface area contributed by atoms with Crippen molar-refractivity contribution in [1.29, 1.82) is 0 Å². The van der Waals surface area contributed by atoms with E-state index in [-0.39, 0.29) is 0 Å². The lowest BCUT2D eigenvalue weighted by atomic mass is 9.91. The molecule has 0 N–H and O–H groups in total. The van der Waals surface area contributed by atoms with Crippen LogP contribution in [0, 0.1) is 0 Å². The van der Waals surface area contributed by atoms with Gasteiger partial charge < -0.3 is 9.64 Å². The molecule has 0 aromatic heterocycles. The Balaban J connectivity index is 2.13. The molecule has 1 aromatic carbocycles. The van der Waals surface area contributed by atoms with Gasteiger partial charge in [0.2, 0.25) is 0 Å². The second kappa shape index (κ2) is 5.01. The maximum absolute atomic E-state index is 10.6. The van der Waals surface area contributed by atoms with Gasteiger partial charge in [0.1, 0.15) is 5.75 Å². The number of carbonyl (C=O) groups excluding carboxylic acids is 1. The molecule has 0 bridgehead atoms. The summed E-state index contributed by atoms with van der Waals surface area (Å²) in [5.41, 5.74) is 1.25. The number of amides is 1. The van der Waals surface area contributed by atoms with Crippen LogP contribution in [-0.2, 0) is 4.79 Å². The van der Waals surface area contributed by atoms with Crippen LogP contribution >= 0.6 is 0 Å². The zero-order chi connectivity index (χ0) is 11.4. The first-order valence-corrected chi connectivity index (χ1v) is 5.60. The molecule has 0 aliphatic carbocycles. The average molecular weight is 218 g/mol. The minimum atomic E-state index is 0.422. The van der Waals surface area contributed by atoms with E-state index >= 15 is 0 Å². The lowest BCUT2D eigenvalue weighted by molar-refractivity contribution is 0.293. The molecule has 1 unspecified atom stereocenters. The summed E-state index contributed by atoms with van der Waals surface area (Å²) in [5.74, 6) is 1.30. The highest BCUT2D eigenvalue weighted by atomic mass is 16.5. The third-order valence-corrected chi connectivity index (χ3v) is 3.12. The molecule has 1 aromatic rings.